The molecule has 2 atom stereocenters. The molecule has 2 heterocycles. The van der Waals surface area contributed by atoms with Crippen LogP contribution in [0.15, 0.2) is 41.6 Å². The first-order valence-electron chi connectivity index (χ1n) is 15.4. The Morgan fingerprint density at radius 2 is 1.80 bits per heavy atom. The van der Waals surface area contributed by atoms with E-state index < -0.39 is 0 Å². The summed E-state index contributed by atoms with van der Waals surface area (Å²) in [6, 6.07) is 10.7. The Kier molecular flexibility index (Phi) is 12.5. The van der Waals surface area contributed by atoms with Gasteiger partial charge >= 0.3 is 0 Å². The largest absolute Gasteiger partial charge is 0.411 e. The normalized spacial score (nSPS) is 19.0. The fourth-order valence-corrected chi connectivity index (χ4v) is 7.08. The zero-order chi connectivity index (χ0) is 32.7. The smallest absolute Gasteiger partial charge is 0.253 e. The average molecular weight is 679 g/mol. The summed E-state index contributed by atoms with van der Waals surface area (Å²) >= 11 is 18.8. The first kappa shape index (κ1) is 35.0. The minimum atomic E-state index is -0.326. The molecule has 1 unspecified atom stereocenters. The van der Waals surface area contributed by atoms with Crippen molar-refractivity contribution in [3.05, 3.63) is 68.2 Å². The molecule has 244 valence electrons. The number of hydrogen-bond donors (Lipinski definition) is 2. The van der Waals surface area contributed by atoms with Crippen LogP contribution in [0.1, 0.15) is 65.9 Å². The highest BCUT2D eigenvalue weighted by atomic mass is 35.5. The van der Waals surface area contributed by atoms with E-state index in [9.17, 15) is 19.6 Å². The zero-order valence-corrected chi connectivity index (χ0v) is 28.3. The van der Waals surface area contributed by atoms with Crippen molar-refractivity contribution in [2.45, 2.75) is 57.4 Å². The number of amides is 3. The van der Waals surface area contributed by atoms with Crippen LogP contribution in [0.4, 0.5) is 0 Å². The zero-order valence-electron chi connectivity index (χ0n) is 26.1. The van der Waals surface area contributed by atoms with E-state index in [1.807, 2.05) is 17.9 Å². The molecule has 2 aromatic rings. The maximum atomic E-state index is 13.3. The van der Waals surface area contributed by atoms with E-state index in [-0.39, 0.29) is 48.6 Å². The first-order valence-corrected chi connectivity index (χ1v) is 16.6. The van der Waals surface area contributed by atoms with Crippen LogP contribution in [0.5, 0.6) is 0 Å². The van der Waals surface area contributed by atoms with Gasteiger partial charge in [0.2, 0.25) is 11.8 Å². The fraction of sp³-hybridized carbons (Fsp3) is 0.515. The molecule has 9 nitrogen and oxygen atoms in total. The Morgan fingerprint density at radius 3 is 2.44 bits per heavy atom. The summed E-state index contributed by atoms with van der Waals surface area (Å²) in [6.07, 6.45) is 4.24. The number of likely N-dealkylation sites (tertiary alicyclic amines) is 2. The highest BCUT2D eigenvalue weighted by Gasteiger charge is 2.36. The molecule has 45 heavy (non-hydrogen) atoms. The number of carbonyl (C=O) groups excluding carboxylic acids is 3. The standard InChI is InChI=1S/C33H42Cl3N5O4/c1-21-15-24(17-25(34)16-21)32(43)39(3)20-30(38-45)27(22-6-7-28(35)29(36)18-22)10-14-40-12-8-26(9-13-40)41-11-4-5-23(33(41)44)19-31(42)37-2/h6-7,15-18,23,26-27,45H,4-5,8-14,19-20H2,1-3H3,(H,37,42)/b38-30-/t23-,27?/m1/s1. The Balaban J connectivity index is 1.42. The van der Waals surface area contributed by atoms with Crippen LogP contribution in [-0.2, 0) is 9.59 Å². The van der Waals surface area contributed by atoms with Crippen molar-refractivity contribution in [1.82, 2.24) is 20.0 Å². The Hall–Kier alpha value is -2.85. The number of aryl methyl sites for hydroxylation is 1. The molecule has 0 spiro atoms. The number of carbonyl (C=O) groups is 3. The van der Waals surface area contributed by atoms with Crippen LogP contribution in [0.3, 0.4) is 0 Å². The van der Waals surface area contributed by atoms with Gasteiger partial charge in [0.05, 0.1) is 22.3 Å². The minimum Gasteiger partial charge on any atom is -0.411 e. The number of hydrogen-bond acceptors (Lipinski definition) is 6. The molecule has 2 aromatic carbocycles. The van der Waals surface area contributed by atoms with Gasteiger partial charge in [0.15, 0.2) is 0 Å². The monoisotopic (exact) mass is 677 g/mol. The van der Waals surface area contributed by atoms with Crippen molar-refractivity contribution in [1.29, 1.82) is 0 Å². The molecule has 4 rings (SSSR count). The maximum absolute atomic E-state index is 13.3. The van der Waals surface area contributed by atoms with Crippen LogP contribution in [0.2, 0.25) is 15.1 Å². The number of nitrogens with zero attached hydrogens (tertiary/aromatic N) is 4. The summed E-state index contributed by atoms with van der Waals surface area (Å²) in [5.74, 6) is -0.803. The third kappa shape index (κ3) is 9.12. The number of benzene rings is 2. The van der Waals surface area contributed by atoms with E-state index in [2.05, 4.69) is 15.4 Å². The summed E-state index contributed by atoms with van der Waals surface area (Å²) in [4.78, 5) is 44.3. The van der Waals surface area contributed by atoms with Gasteiger partial charge in [-0.3, -0.25) is 14.4 Å². The molecule has 0 aliphatic carbocycles. The Bertz CT molecular complexity index is 1390. The van der Waals surface area contributed by atoms with Gasteiger partial charge in [0.25, 0.3) is 5.91 Å². The number of piperidine rings is 2. The second-order valence-electron chi connectivity index (χ2n) is 12.1. The van der Waals surface area contributed by atoms with Crippen LogP contribution in [-0.4, -0.2) is 96.2 Å². The molecule has 0 bridgehead atoms. The van der Waals surface area contributed by atoms with Gasteiger partial charge < -0.3 is 25.2 Å². The summed E-state index contributed by atoms with van der Waals surface area (Å²) in [6.45, 7) is 5.07. The number of rotatable bonds is 11. The number of oxime groups is 1. The lowest BCUT2D eigenvalue weighted by molar-refractivity contribution is -0.144. The summed E-state index contributed by atoms with van der Waals surface area (Å²) in [5.41, 5.74) is 2.61. The van der Waals surface area contributed by atoms with Crippen LogP contribution in [0.25, 0.3) is 0 Å². The van der Waals surface area contributed by atoms with Gasteiger partial charge in [-0.1, -0.05) is 46.0 Å². The third-order valence-electron chi connectivity index (χ3n) is 8.94. The molecule has 2 saturated heterocycles. The first-order chi connectivity index (χ1) is 21.5. The number of halogens is 3. The minimum absolute atomic E-state index is 0.0949. The average Bonchev–Trinajstić information content (AvgIpc) is 3.02. The van der Waals surface area contributed by atoms with Gasteiger partial charge in [-0.15, -0.1) is 0 Å². The van der Waals surface area contributed by atoms with Crippen LogP contribution in [0, 0.1) is 12.8 Å². The van der Waals surface area contributed by atoms with Crippen molar-refractivity contribution in [3.63, 3.8) is 0 Å². The molecule has 12 heteroatoms. The van der Waals surface area contributed by atoms with E-state index in [1.165, 1.54) is 4.90 Å². The second-order valence-corrected chi connectivity index (χ2v) is 13.4. The predicted octanol–water partition coefficient (Wildman–Crippen LogP) is 5.87. The molecule has 2 aliphatic heterocycles. The summed E-state index contributed by atoms with van der Waals surface area (Å²) in [7, 11) is 3.27. The van der Waals surface area contributed by atoms with Crippen molar-refractivity contribution in [3.8, 4) is 0 Å². The lowest BCUT2D eigenvalue weighted by atomic mass is 9.89. The Morgan fingerprint density at radius 1 is 1.07 bits per heavy atom. The van der Waals surface area contributed by atoms with E-state index in [0.29, 0.717) is 32.8 Å². The van der Waals surface area contributed by atoms with Gasteiger partial charge in [-0.05, 0) is 87.0 Å². The highest BCUT2D eigenvalue weighted by Crippen LogP contribution is 2.31. The molecule has 2 aliphatic rings. The van der Waals surface area contributed by atoms with Crippen LogP contribution >= 0.6 is 34.8 Å². The van der Waals surface area contributed by atoms with Gasteiger partial charge in [0, 0.05) is 68.6 Å². The molecule has 2 fully saturated rings. The SMILES string of the molecule is CNC(=O)C[C@H]1CCCN(C2CCN(CCC(/C(CN(C)C(=O)c3cc(C)cc(Cl)c3)=N\O)c3ccc(Cl)c(Cl)c3)CC2)C1=O. The molecular formula is C33H42Cl3N5O4. The van der Waals surface area contributed by atoms with Gasteiger partial charge in [0.1, 0.15) is 0 Å². The summed E-state index contributed by atoms with van der Waals surface area (Å²) < 4.78 is 0. The summed E-state index contributed by atoms with van der Waals surface area (Å²) in [5, 5.41) is 17.8. The van der Waals surface area contributed by atoms with Crippen LogP contribution < -0.4 is 5.32 Å². The van der Waals surface area contributed by atoms with E-state index in [0.717, 1.165) is 63.0 Å². The molecule has 0 aromatic heterocycles. The van der Waals surface area contributed by atoms with Crippen molar-refractivity contribution >= 4 is 58.2 Å². The van der Waals surface area contributed by atoms with Crippen molar-refractivity contribution in [2.24, 2.45) is 11.1 Å². The van der Waals surface area contributed by atoms with Crippen molar-refractivity contribution in [2.75, 3.05) is 46.8 Å². The quantitative estimate of drug-likeness (QED) is 0.176. The van der Waals surface area contributed by atoms with Gasteiger partial charge in [-0.2, -0.15) is 0 Å². The Labute approximate surface area is 280 Å². The lowest BCUT2D eigenvalue weighted by Crippen LogP contribution is -2.52. The highest BCUT2D eigenvalue weighted by molar-refractivity contribution is 6.42. The number of nitrogens with one attached hydrogen (secondary N) is 1. The molecule has 3 amide bonds. The fourth-order valence-electron chi connectivity index (χ4n) is 6.48. The molecule has 0 saturated carbocycles. The molecule has 0 radical (unpaired) electrons. The predicted molar refractivity (Wildman–Crippen MR) is 179 cm³/mol. The lowest BCUT2D eigenvalue weighted by Gasteiger charge is -2.42. The van der Waals surface area contributed by atoms with Gasteiger partial charge in [-0.25, -0.2) is 0 Å². The topological polar surface area (TPSA) is 106 Å². The maximum Gasteiger partial charge on any atom is 0.253 e. The third-order valence-corrected chi connectivity index (χ3v) is 9.90. The van der Waals surface area contributed by atoms with Crippen molar-refractivity contribution < 1.29 is 19.6 Å². The second kappa shape index (κ2) is 16.1. The molecule has 2 N–H and O–H groups in total. The van der Waals surface area contributed by atoms with E-state index in [4.69, 9.17) is 34.8 Å². The van der Waals surface area contributed by atoms with E-state index >= 15 is 0 Å². The van der Waals surface area contributed by atoms with E-state index in [1.54, 1.807) is 44.4 Å². The molecular weight excluding hydrogens is 637 g/mol.